The molecule has 0 radical (unpaired) electrons. The first-order valence-electron chi connectivity index (χ1n) is 12.6. The summed E-state index contributed by atoms with van der Waals surface area (Å²) in [6, 6.07) is 5.32. The number of carbonyl (C=O) groups excluding carboxylic acids is 3. The highest BCUT2D eigenvalue weighted by Gasteiger charge is 2.68. The Morgan fingerprint density at radius 3 is 2.64 bits per heavy atom. The van der Waals surface area contributed by atoms with Crippen LogP contribution in [0.15, 0.2) is 24.3 Å². The molecule has 3 heterocycles. The molecule has 2 aliphatic rings. The number of carbonyl (C=O) groups is 3. The molecular weight excluding hydrogens is 551 g/mol. The second kappa shape index (κ2) is 11.9. The van der Waals surface area contributed by atoms with Crippen molar-refractivity contribution in [2.75, 3.05) is 20.3 Å². The summed E-state index contributed by atoms with van der Waals surface area (Å²) in [5, 5.41) is 9.15. The Kier molecular flexibility index (Phi) is 8.94. The smallest absolute Gasteiger partial charge is 0.469 e. The number of hydrogen-bond acceptors (Lipinski definition) is 7. The summed E-state index contributed by atoms with van der Waals surface area (Å²) in [4.78, 5) is 59.2. The summed E-state index contributed by atoms with van der Waals surface area (Å²) in [6.45, 7) is 3.85. The summed E-state index contributed by atoms with van der Waals surface area (Å²) in [5.74, 6) is -0.925. The SMILES string of the molecule is COc1cccc2[nH]c(C(=O)N[C@@H](CC(C)C)C(=O)N[C@@H](C[C@@H]3CCNC3=O)[C@@]3(COP(=O)(O)O)O[SH+]3)cc12. The zero-order chi connectivity index (χ0) is 28.4. The predicted octanol–water partition coefficient (Wildman–Crippen LogP) is 0.898. The van der Waals surface area contributed by atoms with E-state index >= 15 is 0 Å². The number of H-pyrrole nitrogens is 1. The van der Waals surface area contributed by atoms with Crippen LogP contribution >= 0.6 is 7.82 Å². The van der Waals surface area contributed by atoms with E-state index in [1.165, 1.54) is 7.11 Å². The Bertz CT molecular complexity index is 1280. The Morgan fingerprint density at radius 1 is 1.31 bits per heavy atom. The zero-order valence-corrected chi connectivity index (χ0v) is 23.6. The van der Waals surface area contributed by atoms with Crippen LogP contribution in [-0.4, -0.2) is 69.8 Å². The molecule has 2 aromatic rings. The number of nitrogens with one attached hydrogen (secondary N) is 4. The van der Waals surface area contributed by atoms with E-state index < -0.39 is 49.2 Å². The average molecular weight is 586 g/mol. The Labute approximate surface area is 229 Å². The molecule has 2 fully saturated rings. The van der Waals surface area contributed by atoms with Crippen LogP contribution in [0.25, 0.3) is 10.9 Å². The van der Waals surface area contributed by atoms with Crippen molar-refractivity contribution in [3.63, 3.8) is 0 Å². The van der Waals surface area contributed by atoms with Crippen molar-refractivity contribution in [1.29, 1.82) is 0 Å². The molecule has 6 N–H and O–H groups in total. The van der Waals surface area contributed by atoms with Gasteiger partial charge in [-0.1, -0.05) is 19.9 Å². The Morgan fingerprint density at radius 2 is 2.05 bits per heavy atom. The van der Waals surface area contributed by atoms with E-state index in [0.29, 0.717) is 42.7 Å². The molecular formula is C24H34N4O9PS+. The summed E-state index contributed by atoms with van der Waals surface area (Å²) in [7, 11) is -3.26. The number of rotatable bonds is 13. The third-order valence-electron chi connectivity index (χ3n) is 6.73. The van der Waals surface area contributed by atoms with Crippen LogP contribution in [-0.2, 0) is 34.9 Å². The molecule has 0 spiro atoms. The Hall–Kier alpha value is -2.61. The van der Waals surface area contributed by atoms with Gasteiger partial charge < -0.3 is 35.5 Å². The van der Waals surface area contributed by atoms with Gasteiger partial charge in [-0.05, 0) is 43.4 Å². The van der Waals surface area contributed by atoms with Gasteiger partial charge in [0.25, 0.3) is 5.91 Å². The zero-order valence-electron chi connectivity index (χ0n) is 21.8. The number of fused-ring (bicyclic) bond motifs is 1. The molecule has 1 aromatic heterocycles. The monoisotopic (exact) mass is 585 g/mol. The number of aromatic nitrogens is 1. The summed E-state index contributed by atoms with van der Waals surface area (Å²) < 4.78 is 26.9. The van der Waals surface area contributed by atoms with Gasteiger partial charge in [0.2, 0.25) is 11.8 Å². The molecule has 15 heteroatoms. The molecule has 0 saturated carbocycles. The average Bonchev–Trinajstić information content (AvgIpc) is 3.35. The second-order valence-electron chi connectivity index (χ2n) is 10.1. The highest BCUT2D eigenvalue weighted by molar-refractivity contribution is 7.81. The normalized spacial score (nSPS) is 22.4. The number of hydrogen-bond donors (Lipinski definition) is 6. The summed E-state index contributed by atoms with van der Waals surface area (Å²) in [5.41, 5.74) is 0.960. The topological polar surface area (TPSA) is 192 Å². The largest absolute Gasteiger partial charge is 0.496 e. The van der Waals surface area contributed by atoms with E-state index in [1.807, 2.05) is 19.9 Å². The lowest BCUT2D eigenvalue weighted by Crippen LogP contribution is -2.55. The predicted molar refractivity (Wildman–Crippen MR) is 144 cm³/mol. The highest BCUT2D eigenvalue weighted by atomic mass is 32.2. The van der Waals surface area contributed by atoms with Gasteiger partial charge >= 0.3 is 12.8 Å². The lowest BCUT2D eigenvalue weighted by atomic mass is 9.94. The van der Waals surface area contributed by atoms with Crippen molar-refractivity contribution in [3.05, 3.63) is 30.0 Å². The third kappa shape index (κ3) is 7.33. The lowest BCUT2D eigenvalue weighted by molar-refractivity contribution is -0.126. The number of benzene rings is 1. The van der Waals surface area contributed by atoms with Crippen LogP contribution in [0, 0.1) is 11.8 Å². The maximum Gasteiger partial charge on any atom is 0.469 e. The van der Waals surface area contributed by atoms with Gasteiger partial charge in [0.05, 0.1) is 7.11 Å². The van der Waals surface area contributed by atoms with Crippen molar-refractivity contribution >= 4 is 48.5 Å². The molecule has 3 amide bonds. The molecule has 2 aliphatic heterocycles. The van der Waals surface area contributed by atoms with Crippen molar-refractivity contribution in [2.24, 2.45) is 11.8 Å². The molecule has 39 heavy (non-hydrogen) atoms. The molecule has 4 rings (SSSR count). The van der Waals surface area contributed by atoms with E-state index in [9.17, 15) is 28.7 Å². The number of aromatic amines is 1. The van der Waals surface area contributed by atoms with Gasteiger partial charge in [0.1, 0.15) is 30.1 Å². The van der Waals surface area contributed by atoms with Crippen LogP contribution in [0.5, 0.6) is 5.75 Å². The second-order valence-corrected chi connectivity index (χ2v) is 12.5. The molecule has 0 bridgehead atoms. The first-order chi connectivity index (χ1) is 18.4. The fourth-order valence-corrected chi connectivity index (χ4v) is 5.84. The van der Waals surface area contributed by atoms with Crippen LogP contribution in [0.2, 0.25) is 0 Å². The molecule has 2 saturated heterocycles. The highest BCUT2D eigenvalue weighted by Crippen LogP contribution is 2.44. The van der Waals surface area contributed by atoms with Gasteiger partial charge in [-0.2, -0.15) is 0 Å². The van der Waals surface area contributed by atoms with E-state index in [0.717, 1.165) is 5.39 Å². The number of phosphoric acid groups is 1. The van der Waals surface area contributed by atoms with E-state index in [-0.39, 0.29) is 23.9 Å². The van der Waals surface area contributed by atoms with Gasteiger partial charge in [-0.3, -0.25) is 18.9 Å². The molecule has 0 unspecified atom stereocenters. The maximum atomic E-state index is 13.5. The van der Waals surface area contributed by atoms with Crippen LogP contribution in [0.4, 0.5) is 0 Å². The quantitative estimate of drug-likeness (QED) is 0.0858. The Balaban J connectivity index is 1.52. The molecule has 13 nitrogen and oxygen atoms in total. The van der Waals surface area contributed by atoms with E-state index in [1.54, 1.807) is 18.2 Å². The van der Waals surface area contributed by atoms with Crippen molar-refractivity contribution in [1.82, 2.24) is 20.9 Å². The minimum absolute atomic E-state index is 0.0465. The van der Waals surface area contributed by atoms with Crippen LogP contribution in [0.3, 0.4) is 0 Å². The van der Waals surface area contributed by atoms with Gasteiger partial charge in [-0.15, -0.1) is 4.18 Å². The van der Waals surface area contributed by atoms with Crippen molar-refractivity contribution < 1.29 is 42.2 Å². The number of amides is 3. The molecule has 1 aromatic carbocycles. The molecule has 4 atom stereocenters. The summed E-state index contributed by atoms with van der Waals surface area (Å²) in [6.07, 6.45) is 1.05. The minimum atomic E-state index is -4.80. The van der Waals surface area contributed by atoms with Crippen molar-refractivity contribution in [2.45, 2.75) is 50.1 Å². The third-order valence-corrected chi connectivity index (χ3v) is 8.28. The number of phosphoric ester groups is 1. The van der Waals surface area contributed by atoms with Gasteiger partial charge in [0.15, 0.2) is 12.0 Å². The van der Waals surface area contributed by atoms with Gasteiger partial charge in [0, 0.05) is 23.4 Å². The first-order valence-corrected chi connectivity index (χ1v) is 14.9. The van der Waals surface area contributed by atoms with Crippen LogP contribution in [0.1, 0.15) is 43.6 Å². The minimum Gasteiger partial charge on any atom is -0.496 e. The maximum absolute atomic E-state index is 13.5. The fourth-order valence-electron chi connectivity index (χ4n) is 4.66. The van der Waals surface area contributed by atoms with Gasteiger partial charge in [-0.25, -0.2) is 4.57 Å². The fraction of sp³-hybridized carbons (Fsp3) is 0.542. The number of ether oxygens (including phenoxy) is 1. The summed E-state index contributed by atoms with van der Waals surface area (Å²) >= 11 is 0.363. The molecule has 214 valence electrons. The number of thiol groups is 1. The standard InChI is InChI=1S/C24H33N4O9PS/c1-13(2)9-17(27-22(30)18-11-15-16(26-18)5-4-6-19(15)35-3)23(31)28-20(10-14-7-8-25-21(14)29)24(37-39-24)12-36-38(32,33)34/h4-6,11,13-14,17,20,26H,7-10,12H2,1-3H3,(H,25,29)(H,27,30)(H,28,31)(H2,32,33,34)/p+1/t14-,17-,20-,24-/m0/s1. The lowest BCUT2D eigenvalue weighted by Gasteiger charge is -2.25. The van der Waals surface area contributed by atoms with E-state index in [2.05, 4.69) is 20.9 Å². The first kappa shape index (κ1) is 29.4. The van der Waals surface area contributed by atoms with Crippen LogP contribution < -0.4 is 20.7 Å². The number of methoxy groups -OCH3 is 1. The van der Waals surface area contributed by atoms with E-state index in [4.69, 9.17) is 13.4 Å². The van der Waals surface area contributed by atoms with Crippen molar-refractivity contribution in [3.8, 4) is 5.75 Å². The molecule has 0 aliphatic carbocycles.